The van der Waals surface area contributed by atoms with E-state index in [9.17, 15) is 15.0 Å². The molecule has 8 heteroatoms. The zero-order valence-electron chi connectivity index (χ0n) is 25.5. The number of aromatic nitrogens is 1. The number of aliphatic imine (C=N–C) groups is 2. The summed E-state index contributed by atoms with van der Waals surface area (Å²) in [4.78, 5) is 25.4. The van der Waals surface area contributed by atoms with E-state index in [1.807, 2.05) is 68.4 Å². The first kappa shape index (κ1) is 34.2. The summed E-state index contributed by atoms with van der Waals surface area (Å²) >= 11 is 0. The zero-order valence-corrected chi connectivity index (χ0v) is 26.5. The number of nitrogens with zero attached hydrogens (tertiary/aromatic N) is 3. The Kier molecular flexibility index (Phi) is 12.4. The van der Waals surface area contributed by atoms with Crippen molar-refractivity contribution in [2.24, 2.45) is 9.98 Å². The summed E-state index contributed by atoms with van der Waals surface area (Å²) in [7, 11) is 0. The Morgan fingerprint density at radius 2 is 1.27 bits per heavy atom. The van der Waals surface area contributed by atoms with Gasteiger partial charge in [-0.05, 0) is 93.5 Å². The fourth-order valence-corrected chi connectivity index (χ4v) is 5.25. The van der Waals surface area contributed by atoms with Crippen LogP contribution in [0.4, 0.5) is 11.4 Å². The minimum atomic E-state index is -1.24. The van der Waals surface area contributed by atoms with Gasteiger partial charge in [0.25, 0.3) is 0 Å². The second-order valence-corrected chi connectivity index (χ2v) is 10.9. The van der Waals surface area contributed by atoms with Crippen LogP contribution in [0.1, 0.15) is 90.3 Å². The molecule has 0 bridgehead atoms. The molecule has 44 heavy (non-hydrogen) atoms. The molecule has 7 nitrogen and oxygen atoms in total. The van der Waals surface area contributed by atoms with Crippen molar-refractivity contribution in [2.45, 2.75) is 65.7 Å². The number of hydrogen-bond acceptors (Lipinski definition) is 6. The number of phenols is 1. The van der Waals surface area contributed by atoms with Crippen LogP contribution in [0.25, 0.3) is 0 Å². The molecule has 1 aliphatic rings. The largest absolute Gasteiger partial charge is 0.869 e. The zero-order chi connectivity index (χ0) is 30.9. The molecule has 0 saturated heterocycles. The Bertz CT molecular complexity index is 1580. The van der Waals surface area contributed by atoms with Gasteiger partial charge in [-0.2, -0.15) is 0 Å². The summed E-state index contributed by atoms with van der Waals surface area (Å²) < 4.78 is 0. The molecule has 0 spiro atoms. The molecule has 1 aliphatic carbocycles. The fourth-order valence-electron chi connectivity index (χ4n) is 5.25. The smallest absolute Gasteiger partial charge is 0.335 e. The van der Waals surface area contributed by atoms with Crippen molar-refractivity contribution in [1.29, 1.82) is 0 Å². The van der Waals surface area contributed by atoms with Crippen LogP contribution in [-0.2, 0) is 16.8 Å². The first-order chi connectivity index (χ1) is 20.7. The van der Waals surface area contributed by atoms with E-state index >= 15 is 0 Å². The maximum absolute atomic E-state index is 11.6. The first-order valence-electron chi connectivity index (χ1n) is 14.6. The van der Waals surface area contributed by atoms with E-state index in [0.29, 0.717) is 5.56 Å². The minimum Gasteiger partial charge on any atom is -0.869 e. The monoisotopic (exact) mass is 635 g/mol. The fraction of sp³-hybridized carbons (Fsp3) is 0.278. The van der Waals surface area contributed by atoms with Crippen molar-refractivity contribution in [3.63, 3.8) is 0 Å². The maximum Gasteiger partial charge on any atom is 0.335 e. The Morgan fingerprint density at radius 1 is 0.773 bits per heavy atom. The maximum atomic E-state index is 11.6. The van der Waals surface area contributed by atoms with Gasteiger partial charge in [-0.1, -0.05) is 73.5 Å². The molecule has 1 saturated carbocycles. The Hall–Kier alpha value is -4.27. The van der Waals surface area contributed by atoms with E-state index in [0.717, 1.165) is 71.0 Å². The number of carboxylic acid groups (broad SMARTS) is 1. The first-order valence-corrected chi connectivity index (χ1v) is 14.6. The molecule has 2 N–H and O–H groups in total. The average molecular weight is 636 g/mol. The number of carbonyl (C=O) groups is 1. The van der Waals surface area contributed by atoms with Crippen molar-refractivity contribution >= 4 is 28.8 Å². The summed E-state index contributed by atoms with van der Waals surface area (Å²) in [6.07, 6.45) is 5.15. The summed E-state index contributed by atoms with van der Waals surface area (Å²) in [5, 5.41) is 30.0. The molecule has 0 atom stereocenters. The summed E-state index contributed by atoms with van der Waals surface area (Å²) in [6.45, 7) is 8.11. The average Bonchev–Trinajstić information content (AvgIpc) is 3.01. The third-order valence-corrected chi connectivity index (χ3v) is 7.73. The number of pyridine rings is 1. The van der Waals surface area contributed by atoms with Crippen molar-refractivity contribution in [2.75, 3.05) is 0 Å². The third-order valence-electron chi connectivity index (χ3n) is 7.73. The van der Waals surface area contributed by atoms with E-state index in [1.54, 1.807) is 6.07 Å². The van der Waals surface area contributed by atoms with Crippen LogP contribution in [0, 0.1) is 13.8 Å². The van der Waals surface area contributed by atoms with Crippen LogP contribution in [0.15, 0.2) is 88.8 Å². The normalized spacial score (nSPS) is 13.8. The topological polar surface area (TPSA) is 118 Å². The molecule has 0 aliphatic heterocycles. The molecule has 1 fully saturated rings. The van der Waals surface area contributed by atoms with Gasteiger partial charge in [0.15, 0.2) is 0 Å². The SMILES string of the molecule is CC(=Nc1ccccc1C)c1cccc(C(C)=Nc2ccccc2C)n1.O=C(O)c1c(C2CCCCC2)ccc(O)c1[O-].[Co]. The molecule has 4 aromatic rings. The Labute approximate surface area is 269 Å². The van der Waals surface area contributed by atoms with E-state index in [4.69, 9.17) is 20.1 Å². The molecule has 0 amide bonds. The Morgan fingerprint density at radius 3 is 1.75 bits per heavy atom. The standard InChI is InChI=1S/C23H23N3.C13H16O4.Co/c1-16-10-5-7-12-20(16)24-18(3)22-14-9-15-23(26-22)19(4)25-21-13-8-6-11-17(21)2;14-10-7-6-9(8-4-2-1-3-5-8)11(12(10)15)13(16)17;/h5-15H,1-4H3;6-8,14-15H,1-5H2,(H,16,17);/p-1. The predicted molar refractivity (Wildman–Crippen MR) is 171 cm³/mol. The van der Waals surface area contributed by atoms with Crippen LogP contribution in [0.3, 0.4) is 0 Å². The van der Waals surface area contributed by atoms with Crippen molar-refractivity contribution < 1.29 is 36.9 Å². The number of aromatic hydroxyl groups is 1. The van der Waals surface area contributed by atoms with Crippen LogP contribution in [-0.4, -0.2) is 32.6 Å². The molecule has 1 aromatic heterocycles. The van der Waals surface area contributed by atoms with Gasteiger partial charge in [0, 0.05) is 16.8 Å². The van der Waals surface area contributed by atoms with E-state index in [1.165, 1.54) is 12.5 Å². The number of benzene rings is 3. The molecule has 231 valence electrons. The molecule has 0 unspecified atom stereocenters. The summed E-state index contributed by atoms with van der Waals surface area (Å²) in [5.41, 5.74) is 8.10. The number of para-hydroxylation sites is 2. The van der Waals surface area contributed by atoms with E-state index in [-0.39, 0.29) is 28.3 Å². The van der Waals surface area contributed by atoms with Crippen LogP contribution in [0.5, 0.6) is 11.5 Å². The van der Waals surface area contributed by atoms with E-state index < -0.39 is 17.5 Å². The second kappa shape index (κ2) is 16.0. The van der Waals surface area contributed by atoms with Gasteiger partial charge in [0.2, 0.25) is 0 Å². The number of aryl methyl sites for hydroxylation is 2. The van der Waals surface area contributed by atoms with E-state index in [2.05, 4.69) is 26.0 Å². The number of aromatic carboxylic acids is 1. The van der Waals surface area contributed by atoms with Crippen LogP contribution < -0.4 is 5.11 Å². The third kappa shape index (κ3) is 8.64. The Balaban J connectivity index is 0.000000256. The summed E-state index contributed by atoms with van der Waals surface area (Å²) in [6, 6.07) is 25.1. The van der Waals surface area contributed by atoms with Crippen molar-refractivity contribution in [3.05, 3.63) is 113 Å². The minimum absolute atomic E-state index is 0. The van der Waals surface area contributed by atoms with Crippen LogP contribution in [0.2, 0.25) is 0 Å². The number of rotatable bonds is 6. The predicted octanol–water partition coefficient (Wildman–Crippen LogP) is 8.19. The van der Waals surface area contributed by atoms with Gasteiger partial charge in [-0.3, -0.25) is 9.98 Å². The van der Waals surface area contributed by atoms with Crippen molar-refractivity contribution in [1.82, 2.24) is 4.98 Å². The number of phenolic OH excluding ortho intramolecular Hbond substituents is 1. The molecule has 1 radical (unpaired) electrons. The van der Waals surface area contributed by atoms with Gasteiger partial charge < -0.3 is 15.3 Å². The van der Waals surface area contributed by atoms with Crippen molar-refractivity contribution in [3.8, 4) is 11.5 Å². The molecule has 3 aromatic carbocycles. The van der Waals surface area contributed by atoms with Gasteiger partial charge in [0.1, 0.15) is 5.75 Å². The van der Waals surface area contributed by atoms with Gasteiger partial charge in [0.05, 0.1) is 39.7 Å². The number of carboxylic acids is 1. The molecule has 5 rings (SSSR count). The number of hydrogen-bond donors (Lipinski definition) is 2. The van der Waals surface area contributed by atoms with Gasteiger partial charge in [-0.15, -0.1) is 0 Å². The molecule has 1 heterocycles. The van der Waals surface area contributed by atoms with Gasteiger partial charge in [-0.25, -0.2) is 9.78 Å². The second-order valence-electron chi connectivity index (χ2n) is 10.9. The molecular weight excluding hydrogens is 597 g/mol. The molecular formula is C36H38CoN3O4-. The summed E-state index contributed by atoms with van der Waals surface area (Å²) in [5.74, 6) is -2.35. The van der Waals surface area contributed by atoms with Crippen LogP contribution >= 0.6 is 0 Å². The van der Waals surface area contributed by atoms with Gasteiger partial charge >= 0.3 is 5.97 Å². The quantitative estimate of drug-likeness (QED) is 0.207.